The fraction of sp³-hybridized carbons (Fsp3) is 0.900. The number of alkyl carbamates (subject to hydrolysis) is 2. The van der Waals surface area contributed by atoms with Gasteiger partial charge in [0.2, 0.25) is 0 Å². The average Bonchev–Trinajstić information content (AvgIpc) is 3.58. The van der Waals surface area contributed by atoms with Crippen LogP contribution in [0.25, 0.3) is 0 Å². The van der Waals surface area contributed by atoms with Gasteiger partial charge in [-0.2, -0.15) is 0 Å². The van der Waals surface area contributed by atoms with E-state index in [-0.39, 0.29) is 12.7 Å². The molecular weight excluding hydrogens is 376 g/mol. The molecule has 0 radical (unpaired) electrons. The largest absolute Gasteiger partial charge is 0.450 e. The SMILES string of the molecule is CC(CCNC(=O)OCCCCOCCOC(=O)NCCC(C)N1CC1)N1CC1. The van der Waals surface area contributed by atoms with E-state index in [4.69, 9.17) is 14.2 Å². The molecule has 0 aromatic carbocycles. The molecule has 2 fully saturated rings. The maximum atomic E-state index is 11.6. The van der Waals surface area contributed by atoms with Gasteiger partial charge in [0.15, 0.2) is 0 Å². The van der Waals surface area contributed by atoms with E-state index >= 15 is 0 Å². The smallest absolute Gasteiger partial charge is 0.407 e. The second-order valence-electron chi connectivity index (χ2n) is 7.79. The third-order valence-corrected chi connectivity index (χ3v) is 5.25. The van der Waals surface area contributed by atoms with Crippen molar-refractivity contribution < 1.29 is 23.8 Å². The van der Waals surface area contributed by atoms with Crippen molar-refractivity contribution in [3.8, 4) is 0 Å². The van der Waals surface area contributed by atoms with E-state index in [1.54, 1.807) is 0 Å². The van der Waals surface area contributed by atoms with Crippen molar-refractivity contribution in [2.45, 2.75) is 51.6 Å². The summed E-state index contributed by atoms with van der Waals surface area (Å²) in [5.74, 6) is 0. The molecule has 2 atom stereocenters. The van der Waals surface area contributed by atoms with Crippen LogP contribution in [-0.4, -0.2) is 99.8 Å². The van der Waals surface area contributed by atoms with Gasteiger partial charge in [-0.3, -0.25) is 9.80 Å². The van der Waals surface area contributed by atoms with Gasteiger partial charge in [-0.05, 0) is 39.5 Å². The molecule has 29 heavy (non-hydrogen) atoms. The average molecular weight is 415 g/mol. The number of carbonyl (C=O) groups is 2. The number of nitrogens with zero attached hydrogens (tertiary/aromatic N) is 2. The van der Waals surface area contributed by atoms with Gasteiger partial charge in [0, 0.05) is 58.0 Å². The summed E-state index contributed by atoms with van der Waals surface area (Å²) in [6, 6.07) is 1.04. The second kappa shape index (κ2) is 13.6. The summed E-state index contributed by atoms with van der Waals surface area (Å²) in [7, 11) is 0. The monoisotopic (exact) mass is 414 g/mol. The number of ether oxygens (including phenoxy) is 3. The standard InChI is InChI=1S/C20H38N4O5/c1-17(23-9-10-23)5-7-21-19(25)28-14-4-3-13-27-15-16-29-20(26)22-8-6-18(2)24-11-12-24/h17-18H,3-16H2,1-2H3,(H,21,25)(H,22,26). The van der Waals surface area contributed by atoms with Crippen molar-refractivity contribution in [2.24, 2.45) is 0 Å². The Labute approximate surface area is 174 Å². The fourth-order valence-corrected chi connectivity index (χ4v) is 3.00. The molecule has 168 valence electrons. The predicted molar refractivity (Wildman–Crippen MR) is 110 cm³/mol. The number of hydrogen-bond acceptors (Lipinski definition) is 7. The Hall–Kier alpha value is -1.58. The first kappa shape index (κ1) is 23.7. The van der Waals surface area contributed by atoms with Crippen molar-refractivity contribution in [2.75, 3.05) is 65.7 Å². The minimum absolute atomic E-state index is 0.238. The topological polar surface area (TPSA) is 91.9 Å². The maximum Gasteiger partial charge on any atom is 0.407 e. The molecule has 0 bridgehead atoms. The van der Waals surface area contributed by atoms with Crippen molar-refractivity contribution in [1.29, 1.82) is 0 Å². The number of unbranched alkanes of at least 4 members (excludes halogenated alkanes) is 1. The molecule has 2 heterocycles. The van der Waals surface area contributed by atoms with E-state index in [9.17, 15) is 9.59 Å². The third kappa shape index (κ3) is 11.9. The highest BCUT2D eigenvalue weighted by atomic mass is 16.6. The molecule has 0 saturated carbocycles. The number of hydrogen-bond donors (Lipinski definition) is 2. The Morgan fingerprint density at radius 1 is 0.759 bits per heavy atom. The molecule has 2 aliphatic heterocycles. The Morgan fingerprint density at radius 2 is 1.24 bits per heavy atom. The van der Waals surface area contributed by atoms with E-state index in [0.29, 0.717) is 45.0 Å². The van der Waals surface area contributed by atoms with Gasteiger partial charge in [-0.25, -0.2) is 9.59 Å². The van der Waals surface area contributed by atoms with Gasteiger partial charge >= 0.3 is 12.2 Å². The summed E-state index contributed by atoms with van der Waals surface area (Å²) in [4.78, 5) is 27.8. The highest BCUT2D eigenvalue weighted by Crippen LogP contribution is 2.12. The molecular formula is C20H38N4O5. The maximum absolute atomic E-state index is 11.6. The van der Waals surface area contributed by atoms with Crippen molar-refractivity contribution in [3.05, 3.63) is 0 Å². The molecule has 0 aromatic heterocycles. The van der Waals surface area contributed by atoms with Gasteiger partial charge < -0.3 is 24.8 Å². The zero-order valence-electron chi connectivity index (χ0n) is 18.0. The van der Waals surface area contributed by atoms with Crippen molar-refractivity contribution >= 4 is 12.2 Å². The van der Waals surface area contributed by atoms with E-state index in [1.165, 1.54) is 26.2 Å². The lowest BCUT2D eigenvalue weighted by Gasteiger charge is -2.13. The molecule has 9 heteroatoms. The molecule has 9 nitrogen and oxygen atoms in total. The summed E-state index contributed by atoms with van der Waals surface area (Å²) in [6.07, 6.45) is 2.67. The van der Waals surface area contributed by atoms with Gasteiger partial charge in [0.25, 0.3) is 0 Å². The third-order valence-electron chi connectivity index (χ3n) is 5.25. The number of carbonyl (C=O) groups excluding carboxylic acids is 2. The molecule has 2 N–H and O–H groups in total. The summed E-state index contributed by atoms with van der Waals surface area (Å²) < 4.78 is 15.6. The summed E-state index contributed by atoms with van der Waals surface area (Å²) in [5.41, 5.74) is 0. The van der Waals surface area contributed by atoms with Crippen LogP contribution in [-0.2, 0) is 14.2 Å². The highest BCUT2D eigenvalue weighted by molar-refractivity contribution is 5.67. The zero-order valence-corrected chi connectivity index (χ0v) is 18.0. The summed E-state index contributed by atoms with van der Waals surface area (Å²) in [6.45, 7) is 11.8. The Kier molecular flexibility index (Phi) is 11.1. The van der Waals surface area contributed by atoms with Gasteiger partial charge in [-0.15, -0.1) is 0 Å². The van der Waals surface area contributed by atoms with Crippen LogP contribution in [0.2, 0.25) is 0 Å². The zero-order chi connectivity index (χ0) is 20.9. The van der Waals surface area contributed by atoms with Crippen LogP contribution in [0.15, 0.2) is 0 Å². The molecule has 2 rings (SSSR count). The van der Waals surface area contributed by atoms with Gasteiger partial charge in [0.1, 0.15) is 6.61 Å². The quantitative estimate of drug-likeness (QED) is 0.292. The van der Waals surface area contributed by atoms with Gasteiger partial charge in [0.05, 0.1) is 13.2 Å². The van der Waals surface area contributed by atoms with Crippen LogP contribution >= 0.6 is 0 Å². The van der Waals surface area contributed by atoms with E-state index in [0.717, 1.165) is 25.7 Å². The first-order valence-electron chi connectivity index (χ1n) is 10.9. The second-order valence-corrected chi connectivity index (χ2v) is 7.79. The predicted octanol–water partition coefficient (Wildman–Crippen LogP) is 1.42. The molecule has 0 spiro atoms. The minimum Gasteiger partial charge on any atom is -0.450 e. The van der Waals surface area contributed by atoms with E-state index in [1.807, 2.05) is 0 Å². The highest BCUT2D eigenvalue weighted by Gasteiger charge is 2.24. The van der Waals surface area contributed by atoms with Crippen LogP contribution in [0.1, 0.15) is 39.5 Å². The molecule has 2 unspecified atom stereocenters. The lowest BCUT2D eigenvalue weighted by molar-refractivity contribution is 0.0684. The van der Waals surface area contributed by atoms with Crippen LogP contribution in [0.5, 0.6) is 0 Å². The van der Waals surface area contributed by atoms with Crippen LogP contribution in [0.4, 0.5) is 9.59 Å². The van der Waals surface area contributed by atoms with Crippen LogP contribution in [0, 0.1) is 0 Å². The normalized spacial score (nSPS) is 18.0. The first-order chi connectivity index (χ1) is 14.1. The molecule has 2 saturated heterocycles. The fourth-order valence-electron chi connectivity index (χ4n) is 3.00. The molecule has 2 aliphatic rings. The van der Waals surface area contributed by atoms with E-state index < -0.39 is 6.09 Å². The van der Waals surface area contributed by atoms with Crippen molar-refractivity contribution in [1.82, 2.24) is 20.4 Å². The van der Waals surface area contributed by atoms with Crippen LogP contribution in [0.3, 0.4) is 0 Å². The van der Waals surface area contributed by atoms with Gasteiger partial charge in [-0.1, -0.05) is 0 Å². The molecule has 0 aromatic rings. The lowest BCUT2D eigenvalue weighted by atomic mass is 10.2. The lowest BCUT2D eigenvalue weighted by Crippen LogP contribution is -2.29. The van der Waals surface area contributed by atoms with E-state index in [2.05, 4.69) is 34.3 Å². The molecule has 2 amide bonds. The Balaban J connectivity index is 1.28. The van der Waals surface area contributed by atoms with Crippen molar-refractivity contribution in [3.63, 3.8) is 0 Å². The Morgan fingerprint density at radius 3 is 1.76 bits per heavy atom. The summed E-state index contributed by atoms with van der Waals surface area (Å²) in [5, 5.41) is 5.53. The number of amides is 2. The first-order valence-corrected chi connectivity index (χ1v) is 10.9. The Bertz CT molecular complexity index is 443. The van der Waals surface area contributed by atoms with Crippen LogP contribution < -0.4 is 10.6 Å². The minimum atomic E-state index is -0.394. The number of rotatable bonds is 16. The molecule has 0 aliphatic carbocycles. The number of nitrogens with one attached hydrogen (secondary N) is 2. The summed E-state index contributed by atoms with van der Waals surface area (Å²) >= 11 is 0.